The molecular weight excluding hydrogens is 244 g/mol. The van der Waals surface area contributed by atoms with Crippen molar-refractivity contribution in [1.29, 1.82) is 0 Å². The highest BCUT2D eigenvalue weighted by Gasteiger charge is 2.36. The van der Waals surface area contributed by atoms with E-state index in [0.717, 1.165) is 19.3 Å². The van der Waals surface area contributed by atoms with E-state index in [-0.39, 0.29) is 11.6 Å². The van der Waals surface area contributed by atoms with Gasteiger partial charge in [0, 0.05) is 23.5 Å². The molecule has 0 aliphatic heterocycles. The second-order valence-electron chi connectivity index (χ2n) is 9.29. The molecule has 0 radical (unpaired) electrons. The van der Waals surface area contributed by atoms with Crippen molar-refractivity contribution in [2.75, 3.05) is 0 Å². The van der Waals surface area contributed by atoms with Gasteiger partial charge in [-0.25, -0.2) is 0 Å². The lowest BCUT2D eigenvalue weighted by Gasteiger charge is -2.40. The summed E-state index contributed by atoms with van der Waals surface area (Å²) >= 11 is 0. The fourth-order valence-corrected chi connectivity index (χ4v) is 4.19. The molecule has 1 aromatic heterocycles. The first-order chi connectivity index (χ1) is 8.91. The van der Waals surface area contributed by atoms with Crippen molar-refractivity contribution >= 4 is 0 Å². The van der Waals surface area contributed by atoms with E-state index in [1.807, 2.05) is 0 Å². The van der Waals surface area contributed by atoms with Crippen LogP contribution in [-0.4, -0.2) is 4.57 Å². The van der Waals surface area contributed by atoms with Crippen LogP contribution in [0.3, 0.4) is 0 Å². The monoisotopic (exact) mass is 276 g/mol. The zero-order valence-electron chi connectivity index (χ0n) is 14.4. The third kappa shape index (κ3) is 3.11. The van der Waals surface area contributed by atoms with Gasteiger partial charge < -0.3 is 10.3 Å². The zero-order chi connectivity index (χ0) is 15.3. The summed E-state index contributed by atoms with van der Waals surface area (Å²) in [7, 11) is 0. The predicted molar refractivity (Wildman–Crippen MR) is 86.9 cm³/mol. The van der Waals surface area contributed by atoms with Crippen LogP contribution in [0.2, 0.25) is 0 Å². The van der Waals surface area contributed by atoms with E-state index in [1.165, 1.54) is 11.3 Å². The van der Waals surface area contributed by atoms with E-state index in [1.54, 1.807) is 0 Å². The molecule has 0 saturated carbocycles. The third-order valence-corrected chi connectivity index (χ3v) is 4.46. The molecule has 0 spiro atoms. The Bertz CT molecular complexity index is 486. The molecule has 0 aromatic carbocycles. The molecule has 2 heteroatoms. The normalized spacial score (nSPS) is 22.7. The standard InChI is InChI=1S/C18H32N2/c1-16(2,3)12-18(6,7)20-9-8-13-14(19)10-17(4,5)11-15(13)20/h8-9,14H,10-12,19H2,1-7H3. The first-order valence-corrected chi connectivity index (χ1v) is 7.88. The minimum Gasteiger partial charge on any atom is -0.346 e. The van der Waals surface area contributed by atoms with Crippen LogP contribution < -0.4 is 5.73 Å². The molecule has 0 saturated heterocycles. The highest BCUT2D eigenvalue weighted by molar-refractivity contribution is 5.31. The van der Waals surface area contributed by atoms with Crippen LogP contribution >= 0.6 is 0 Å². The van der Waals surface area contributed by atoms with Gasteiger partial charge in [0.1, 0.15) is 0 Å². The molecule has 0 fully saturated rings. The SMILES string of the molecule is CC(C)(C)CC(C)(C)n1ccc2c1CC(C)(C)CC2N. The van der Waals surface area contributed by atoms with Crippen LogP contribution in [-0.2, 0) is 12.0 Å². The fraction of sp³-hybridized carbons (Fsp3) is 0.778. The summed E-state index contributed by atoms with van der Waals surface area (Å²) in [6.45, 7) is 16.3. The molecule has 2 nitrogen and oxygen atoms in total. The van der Waals surface area contributed by atoms with Gasteiger partial charge in [0.25, 0.3) is 0 Å². The molecule has 1 atom stereocenters. The summed E-state index contributed by atoms with van der Waals surface area (Å²) in [6, 6.07) is 2.44. The maximum absolute atomic E-state index is 6.39. The van der Waals surface area contributed by atoms with Crippen LogP contribution in [0.15, 0.2) is 12.3 Å². The Morgan fingerprint density at radius 1 is 1.25 bits per heavy atom. The van der Waals surface area contributed by atoms with Crippen LogP contribution in [0.1, 0.15) is 78.6 Å². The largest absolute Gasteiger partial charge is 0.346 e. The lowest BCUT2D eigenvalue weighted by molar-refractivity contribution is 0.199. The number of aromatic nitrogens is 1. The Balaban J connectivity index is 2.41. The van der Waals surface area contributed by atoms with Crippen molar-refractivity contribution in [1.82, 2.24) is 4.57 Å². The van der Waals surface area contributed by atoms with E-state index in [4.69, 9.17) is 5.73 Å². The van der Waals surface area contributed by atoms with Crippen LogP contribution in [0.4, 0.5) is 0 Å². The molecule has 1 aliphatic rings. The maximum Gasteiger partial charge on any atom is 0.0391 e. The Labute approximate surface area is 124 Å². The van der Waals surface area contributed by atoms with Gasteiger partial charge in [-0.05, 0) is 55.6 Å². The van der Waals surface area contributed by atoms with E-state index in [2.05, 4.69) is 65.3 Å². The van der Waals surface area contributed by atoms with Gasteiger partial charge in [0.05, 0.1) is 0 Å². The van der Waals surface area contributed by atoms with Gasteiger partial charge in [0.2, 0.25) is 0 Å². The molecule has 1 aromatic rings. The van der Waals surface area contributed by atoms with Gasteiger partial charge in [-0.1, -0.05) is 34.6 Å². The van der Waals surface area contributed by atoms with Crippen molar-refractivity contribution in [2.45, 2.75) is 79.3 Å². The van der Waals surface area contributed by atoms with Crippen molar-refractivity contribution in [3.05, 3.63) is 23.5 Å². The molecule has 114 valence electrons. The summed E-state index contributed by atoms with van der Waals surface area (Å²) in [6.07, 6.45) is 5.65. The van der Waals surface area contributed by atoms with Gasteiger partial charge in [0.15, 0.2) is 0 Å². The fourth-order valence-electron chi connectivity index (χ4n) is 4.19. The Kier molecular flexibility index (Phi) is 3.61. The molecule has 1 unspecified atom stereocenters. The minimum atomic E-state index is 0.138. The first-order valence-electron chi connectivity index (χ1n) is 7.88. The molecule has 1 heterocycles. The second-order valence-corrected chi connectivity index (χ2v) is 9.29. The number of nitrogens with zero attached hydrogens (tertiary/aromatic N) is 1. The van der Waals surface area contributed by atoms with Crippen LogP contribution in [0.5, 0.6) is 0 Å². The smallest absolute Gasteiger partial charge is 0.0391 e. The van der Waals surface area contributed by atoms with E-state index in [9.17, 15) is 0 Å². The molecule has 0 amide bonds. The Morgan fingerprint density at radius 3 is 2.40 bits per heavy atom. The molecule has 2 rings (SSSR count). The number of nitrogens with two attached hydrogens (primary N) is 1. The average molecular weight is 276 g/mol. The lowest BCUT2D eigenvalue weighted by Crippen LogP contribution is -2.36. The van der Waals surface area contributed by atoms with E-state index < -0.39 is 0 Å². The first kappa shape index (κ1) is 15.6. The molecule has 2 N–H and O–H groups in total. The van der Waals surface area contributed by atoms with Gasteiger partial charge in [-0.2, -0.15) is 0 Å². The van der Waals surface area contributed by atoms with Crippen molar-refractivity contribution in [2.24, 2.45) is 16.6 Å². The summed E-state index contributed by atoms with van der Waals surface area (Å²) in [5.41, 5.74) is 9.99. The van der Waals surface area contributed by atoms with Gasteiger partial charge in [-0.3, -0.25) is 0 Å². The van der Waals surface area contributed by atoms with Crippen molar-refractivity contribution in [3.63, 3.8) is 0 Å². The summed E-state index contributed by atoms with van der Waals surface area (Å²) < 4.78 is 2.49. The highest BCUT2D eigenvalue weighted by Crippen LogP contribution is 2.43. The third-order valence-electron chi connectivity index (χ3n) is 4.46. The zero-order valence-corrected chi connectivity index (χ0v) is 14.4. The van der Waals surface area contributed by atoms with Gasteiger partial charge >= 0.3 is 0 Å². The minimum absolute atomic E-state index is 0.138. The Hall–Kier alpha value is -0.760. The number of rotatable bonds is 2. The number of hydrogen-bond donors (Lipinski definition) is 1. The number of fused-ring (bicyclic) bond motifs is 1. The van der Waals surface area contributed by atoms with E-state index in [0.29, 0.717) is 10.8 Å². The quantitative estimate of drug-likeness (QED) is 0.838. The predicted octanol–water partition coefficient (Wildman–Crippen LogP) is 4.63. The number of hydrogen-bond acceptors (Lipinski definition) is 1. The highest BCUT2D eigenvalue weighted by atomic mass is 15.1. The second kappa shape index (κ2) is 4.62. The topological polar surface area (TPSA) is 30.9 Å². The summed E-state index contributed by atoms with van der Waals surface area (Å²) in [5.74, 6) is 0. The van der Waals surface area contributed by atoms with Crippen LogP contribution in [0, 0.1) is 10.8 Å². The average Bonchev–Trinajstić information content (AvgIpc) is 2.55. The summed E-state index contributed by atoms with van der Waals surface area (Å²) in [5, 5.41) is 0. The van der Waals surface area contributed by atoms with Crippen LogP contribution in [0.25, 0.3) is 0 Å². The summed E-state index contributed by atoms with van der Waals surface area (Å²) in [4.78, 5) is 0. The van der Waals surface area contributed by atoms with Gasteiger partial charge in [-0.15, -0.1) is 0 Å². The molecular formula is C18H32N2. The van der Waals surface area contributed by atoms with Crippen molar-refractivity contribution < 1.29 is 0 Å². The molecule has 0 bridgehead atoms. The van der Waals surface area contributed by atoms with E-state index >= 15 is 0 Å². The maximum atomic E-state index is 6.39. The Morgan fingerprint density at radius 2 is 1.85 bits per heavy atom. The van der Waals surface area contributed by atoms with Crippen molar-refractivity contribution in [3.8, 4) is 0 Å². The molecule has 1 aliphatic carbocycles. The lowest BCUT2D eigenvalue weighted by atomic mass is 9.74. The molecule has 20 heavy (non-hydrogen) atoms.